The number of Topliss-reactive ketones (excluding diaryl/α,β-unsaturated/α-hetero) is 1. The first-order chi connectivity index (χ1) is 15.8. The quantitative estimate of drug-likeness (QED) is 0.562. The highest BCUT2D eigenvalue weighted by atomic mass is 16.5. The third-order valence-corrected chi connectivity index (χ3v) is 10.8. The number of aliphatic hydroxyl groups is 1. The van der Waals surface area contributed by atoms with Gasteiger partial charge in [0.25, 0.3) is 0 Å². The van der Waals surface area contributed by atoms with Crippen molar-refractivity contribution in [1.82, 2.24) is 0 Å². The summed E-state index contributed by atoms with van der Waals surface area (Å²) in [5, 5.41) is 10.8. The van der Waals surface area contributed by atoms with Crippen molar-refractivity contribution in [3.8, 4) is 5.75 Å². The molecular weight excluding hydrogens is 412 g/mol. The second-order valence-electron chi connectivity index (χ2n) is 12.3. The monoisotopic (exact) mass is 454 g/mol. The van der Waals surface area contributed by atoms with Gasteiger partial charge in [-0.3, -0.25) is 4.79 Å². The minimum absolute atomic E-state index is 0.0698. The van der Waals surface area contributed by atoms with E-state index in [1.54, 1.807) is 7.11 Å². The van der Waals surface area contributed by atoms with Crippen LogP contribution in [-0.2, 0) is 4.74 Å². The number of methoxy groups -OCH3 is 2. The van der Waals surface area contributed by atoms with Crippen molar-refractivity contribution < 1.29 is 19.4 Å². The fourth-order valence-electron chi connectivity index (χ4n) is 9.25. The van der Waals surface area contributed by atoms with Crippen molar-refractivity contribution in [3.63, 3.8) is 0 Å². The molecule has 0 amide bonds. The number of rotatable bonds is 5. The first-order valence-corrected chi connectivity index (χ1v) is 13.1. The standard InChI is InChI=1S/C29H42O4/c1-27(31)15-16-29(18-32-3)19(17-27)9-10-20-22-11-12-24(28(22,2)14-13-23(20)29)26(30)21-7-5-6-8-25(21)33-4/h5-8,19-20,22-24,31H,9-18H2,1-4H3/t19-,20-,22-,23-,24+,27+,28-,29+/m0/s1. The van der Waals surface area contributed by atoms with Crippen molar-refractivity contribution in [2.24, 2.45) is 40.4 Å². The van der Waals surface area contributed by atoms with Crippen LogP contribution >= 0.6 is 0 Å². The summed E-state index contributed by atoms with van der Waals surface area (Å²) in [6, 6.07) is 7.74. The van der Waals surface area contributed by atoms with Crippen LogP contribution in [0, 0.1) is 40.4 Å². The molecule has 182 valence electrons. The molecule has 0 unspecified atom stereocenters. The third kappa shape index (κ3) is 3.58. The first-order valence-electron chi connectivity index (χ1n) is 13.1. The van der Waals surface area contributed by atoms with Crippen LogP contribution in [0.3, 0.4) is 0 Å². The molecule has 0 heterocycles. The summed E-state index contributed by atoms with van der Waals surface area (Å²) < 4.78 is 11.4. The maximum absolute atomic E-state index is 13.8. The molecule has 4 aliphatic carbocycles. The second-order valence-corrected chi connectivity index (χ2v) is 12.3. The van der Waals surface area contributed by atoms with Crippen molar-refractivity contribution in [2.45, 2.75) is 77.2 Å². The minimum Gasteiger partial charge on any atom is -0.496 e. The Labute approximate surface area is 199 Å². The molecule has 4 aliphatic rings. The van der Waals surface area contributed by atoms with Gasteiger partial charge < -0.3 is 14.6 Å². The number of fused-ring (bicyclic) bond motifs is 5. The van der Waals surface area contributed by atoms with Crippen LogP contribution in [0.15, 0.2) is 24.3 Å². The van der Waals surface area contributed by atoms with Gasteiger partial charge in [0.1, 0.15) is 5.75 Å². The Morgan fingerprint density at radius 3 is 2.55 bits per heavy atom. The number of benzene rings is 1. The van der Waals surface area contributed by atoms with Crippen LogP contribution in [0.25, 0.3) is 0 Å². The highest BCUT2D eigenvalue weighted by Crippen LogP contribution is 2.68. The number of para-hydroxylation sites is 1. The zero-order valence-electron chi connectivity index (χ0n) is 20.9. The van der Waals surface area contributed by atoms with Gasteiger partial charge >= 0.3 is 0 Å². The lowest BCUT2D eigenvalue weighted by Gasteiger charge is -2.62. The molecule has 4 nitrogen and oxygen atoms in total. The molecule has 0 radical (unpaired) electrons. The topological polar surface area (TPSA) is 55.8 Å². The van der Waals surface area contributed by atoms with Crippen molar-refractivity contribution in [2.75, 3.05) is 20.8 Å². The van der Waals surface area contributed by atoms with E-state index in [1.807, 2.05) is 38.3 Å². The molecule has 0 saturated heterocycles. The van der Waals surface area contributed by atoms with Crippen LogP contribution in [0.5, 0.6) is 5.75 Å². The fourth-order valence-corrected chi connectivity index (χ4v) is 9.25. The average molecular weight is 455 g/mol. The molecule has 0 aliphatic heterocycles. The lowest BCUT2D eigenvalue weighted by molar-refractivity contribution is -0.173. The van der Waals surface area contributed by atoms with Gasteiger partial charge in [-0.05, 0) is 111 Å². The first kappa shape index (κ1) is 23.4. The van der Waals surface area contributed by atoms with Gasteiger partial charge in [-0.15, -0.1) is 0 Å². The highest BCUT2D eigenvalue weighted by Gasteiger charge is 2.63. The van der Waals surface area contributed by atoms with Crippen molar-refractivity contribution in [3.05, 3.63) is 29.8 Å². The minimum atomic E-state index is -0.530. The van der Waals surface area contributed by atoms with E-state index in [9.17, 15) is 9.90 Å². The highest BCUT2D eigenvalue weighted by molar-refractivity contribution is 6.01. The van der Waals surface area contributed by atoms with Gasteiger partial charge in [0.15, 0.2) is 5.78 Å². The Bertz CT molecular complexity index is 893. The summed E-state index contributed by atoms with van der Waals surface area (Å²) in [5.74, 6) is 3.57. The summed E-state index contributed by atoms with van der Waals surface area (Å²) in [6.07, 6.45) is 9.78. The number of ketones is 1. The summed E-state index contributed by atoms with van der Waals surface area (Å²) in [6.45, 7) is 5.26. The van der Waals surface area contributed by atoms with Gasteiger partial charge in [0, 0.05) is 13.0 Å². The molecule has 8 atom stereocenters. The zero-order valence-corrected chi connectivity index (χ0v) is 20.9. The lowest BCUT2D eigenvalue weighted by Crippen LogP contribution is -2.58. The Morgan fingerprint density at radius 2 is 1.79 bits per heavy atom. The van der Waals surface area contributed by atoms with Gasteiger partial charge in [0.05, 0.1) is 24.9 Å². The van der Waals surface area contributed by atoms with Gasteiger partial charge in [-0.1, -0.05) is 19.1 Å². The SMILES string of the molecule is COC[C@]12CC[C@@](C)(O)C[C@@H]1CC[C@H]1[C@@H]3CC[C@H](C(=O)c4ccccc4OC)[C@@]3(C)CC[C@@H]12. The molecule has 1 aromatic carbocycles. The molecule has 4 heteroatoms. The predicted molar refractivity (Wildman–Crippen MR) is 129 cm³/mol. The molecule has 0 bridgehead atoms. The van der Waals surface area contributed by atoms with Gasteiger partial charge in [-0.2, -0.15) is 0 Å². The van der Waals surface area contributed by atoms with Crippen molar-refractivity contribution >= 4 is 5.78 Å². The van der Waals surface area contributed by atoms with E-state index >= 15 is 0 Å². The van der Waals surface area contributed by atoms with Crippen LogP contribution in [0.1, 0.15) is 82.0 Å². The Kier molecular flexibility index (Phi) is 5.93. The fraction of sp³-hybridized carbons (Fsp3) is 0.759. The third-order valence-electron chi connectivity index (χ3n) is 10.8. The zero-order chi connectivity index (χ0) is 23.4. The van der Waals surface area contributed by atoms with E-state index < -0.39 is 5.60 Å². The maximum Gasteiger partial charge on any atom is 0.170 e. The molecule has 5 rings (SSSR count). The summed E-state index contributed by atoms with van der Waals surface area (Å²) in [4.78, 5) is 13.8. The van der Waals surface area contributed by atoms with E-state index in [0.29, 0.717) is 29.4 Å². The molecule has 1 aromatic rings. The summed E-state index contributed by atoms with van der Waals surface area (Å²) in [7, 11) is 3.51. The number of hydrogen-bond acceptors (Lipinski definition) is 4. The van der Waals surface area contributed by atoms with E-state index in [0.717, 1.165) is 50.7 Å². The van der Waals surface area contributed by atoms with Crippen LogP contribution in [0.2, 0.25) is 0 Å². The Balaban J connectivity index is 1.43. The Hall–Kier alpha value is -1.39. The van der Waals surface area contributed by atoms with E-state index in [2.05, 4.69) is 6.92 Å². The van der Waals surface area contributed by atoms with Crippen LogP contribution in [0.4, 0.5) is 0 Å². The molecule has 33 heavy (non-hydrogen) atoms. The molecule has 0 aromatic heterocycles. The predicted octanol–water partition coefficient (Wildman–Crippen LogP) is 5.91. The van der Waals surface area contributed by atoms with Gasteiger partial charge in [0.2, 0.25) is 0 Å². The number of hydrogen-bond donors (Lipinski definition) is 1. The van der Waals surface area contributed by atoms with Gasteiger partial charge in [-0.25, -0.2) is 0 Å². The van der Waals surface area contributed by atoms with E-state index in [-0.39, 0.29) is 22.5 Å². The normalized spacial score (nSPS) is 44.5. The second kappa shape index (κ2) is 8.37. The van der Waals surface area contributed by atoms with Crippen molar-refractivity contribution in [1.29, 1.82) is 0 Å². The number of ether oxygens (including phenoxy) is 2. The molecule has 4 fully saturated rings. The number of carbonyl (C=O) groups excluding carboxylic acids is 1. The summed E-state index contributed by atoms with van der Waals surface area (Å²) >= 11 is 0. The van der Waals surface area contributed by atoms with Crippen LogP contribution < -0.4 is 4.74 Å². The molecule has 4 saturated carbocycles. The molecular formula is C29H42O4. The van der Waals surface area contributed by atoms with Crippen LogP contribution in [-0.4, -0.2) is 37.3 Å². The molecule has 0 spiro atoms. The maximum atomic E-state index is 13.8. The van der Waals surface area contributed by atoms with E-state index in [1.165, 1.54) is 19.3 Å². The van der Waals surface area contributed by atoms with E-state index in [4.69, 9.17) is 9.47 Å². The Morgan fingerprint density at radius 1 is 1.00 bits per heavy atom. The average Bonchev–Trinajstić information content (AvgIpc) is 3.16. The molecule has 1 N–H and O–H groups in total. The smallest absolute Gasteiger partial charge is 0.170 e. The number of carbonyl (C=O) groups is 1. The summed E-state index contributed by atoms with van der Waals surface area (Å²) in [5.41, 5.74) is 0.493. The lowest BCUT2D eigenvalue weighted by atomic mass is 9.43. The largest absolute Gasteiger partial charge is 0.496 e.